The first kappa shape index (κ1) is 16.5. The number of rotatable bonds is 0. The maximum Gasteiger partial charge on any atom is 0.373 e. The lowest BCUT2D eigenvalue weighted by Gasteiger charge is -0.970. The van der Waals surface area contributed by atoms with Gasteiger partial charge >= 0.3 is 6.15 Å². The minimum atomic E-state index is 0. The third kappa shape index (κ3) is 68.5. The Balaban J connectivity index is -0.0000000400. The van der Waals surface area contributed by atoms with Gasteiger partial charge in [0.1, 0.15) is 0 Å². The quantitative estimate of drug-likeness (QED) is 0.379. The van der Waals surface area contributed by atoms with E-state index in [1.54, 1.807) is 0 Å². The molecule has 0 spiro atoms. The zero-order valence-electron chi connectivity index (χ0n) is 3.13. The van der Waals surface area contributed by atoms with Crippen LogP contribution in [0.15, 0.2) is 0 Å². The van der Waals surface area contributed by atoms with Gasteiger partial charge in [0.2, 0.25) is 5.23 Å². The van der Waals surface area contributed by atoms with Crippen LogP contribution in [0.25, 0.3) is 0 Å². The molecule has 0 amide bonds. The average Bonchev–Trinajstić information content (AvgIpc) is 1.39. The van der Waals surface area contributed by atoms with E-state index in [4.69, 9.17) is 14.4 Å². The molecule has 4 nitrogen and oxygen atoms in total. The molecule has 0 rings (SSSR count). The summed E-state index contributed by atoms with van der Waals surface area (Å²) in [5.74, 6) is 0. The summed E-state index contributed by atoms with van der Waals surface area (Å²) < 4.78 is 0. The van der Waals surface area contributed by atoms with E-state index < -0.39 is 0 Å². The molecule has 0 aromatic heterocycles. The Labute approximate surface area is 44.4 Å². The van der Waals surface area contributed by atoms with Crippen LogP contribution < -0.4 is 0 Å². The van der Waals surface area contributed by atoms with Crippen LogP contribution in [0.5, 0.6) is 0 Å². The first-order chi connectivity index (χ1) is 2.83. The zero-order valence-corrected chi connectivity index (χ0v) is 3.95. The molecule has 40 valence electrons. The van der Waals surface area contributed by atoms with Gasteiger partial charge in [-0.1, -0.05) is 0 Å². The van der Waals surface area contributed by atoms with Gasteiger partial charge in [0.15, 0.2) is 0 Å². The monoisotopic (exact) mass is 122 g/mol. The van der Waals surface area contributed by atoms with Gasteiger partial charge in [0, 0.05) is 12.2 Å². The zero-order chi connectivity index (χ0) is 5.41. The summed E-state index contributed by atoms with van der Waals surface area (Å²) in [5.41, 5.74) is 0. The number of hydrogen-bond acceptors (Lipinski definition) is 4. The largest absolute Gasteiger partial charge is 0.412 e. The fourth-order valence-corrected chi connectivity index (χ4v) is 0. The van der Waals surface area contributed by atoms with Crippen molar-refractivity contribution in [2.24, 2.45) is 0 Å². The lowest BCUT2D eigenvalue weighted by atomic mass is 11.8. The maximum absolute atomic E-state index is 8.50. The molecule has 0 unspecified atom stereocenters. The molecule has 5 heteroatoms. The third-order valence-corrected chi connectivity index (χ3v) is 0. The van der Waals surface area contributed by atoms with Crippen molar-refractivity contribution >= 4 is 23.6 Å². The standard InChI is InChI=1S/CO2.COS.H2O/c2*2-1-3;/h;;1H2. The summed E-state index contributed by atoms with van der Waals surface area (Å²) in [6.07, 6.45) is 0.250. The van der Waals surface area contributed by atoms with Gasteiger partial charge in [0.25, 0.3) is 0 Å². The van der Waals surface area contributed by atoms with Crippen LogP contribution in [0.4, 0.5) is 0 Å². The normalized spacial score (nSPS) is 2.29. The van der Waals surface area contributed by atoms with E-state index in [1.165, 1.54) is 0 Å². The fraction of sp³-hybridized carbons (Fsp3) is 0. The molecule has 0 aromatic carbocycles. The molecule has 0 aliphatic rings. The third-order valence-electron chi connectivity index (χ3n) is 0. The maximum atomic E-state index is 8.50. The molecule has 0 saturated heterocycles. The molecule has 0 radical (unpaired) electrons. The lowest BCUT2D eigenvalue weighted by Crippen LogP contribution is -1.22. The highest BCUT2D eigenvalue weighted by Crippen LogP contribution is 1.14. The van der Waals surface area contributed by atoms with Gasteiger partial charge in [-0.3, -0.25) is 0 Å². The number of carbonyl (C=O) groups excluding carboxylic acids is 3. The predicted octanol–water partition coefficient (Wildman–Crippen LogP) is -1.16. The summed E-state index contributed by atoms with van der Waals surface area (Å²) in [6.45, 7) is 0. The Kier molecular flexibility index (Phi) is 159. The van der Waals surface area contributed by atoms with E-state index in [9.17, 15) is 0 Å². The molecule has 7 heavy (non-hydrogen) atoms. The van der Waals surface area contributed by atoms with E-state index in [2.05, 4.69) is 12.2 Å². The van der Waals surface area contributed by atoms with E-state index >= 15 is 0 Å². The van der Waals surface area contributed by atoms with Crippen molar-refractivity contribution in [2.45, 2.75) is 0 Å². The smallest absolute Gasteiger partial charge is 0.373 e. The summed E-state index contributed by atoms with van der Waals surface area (Å²) in [6, 6.07) is 0. The molecular formula is C2H2O4S. The summed E-state index contributed by atoms with van der Waals surface area (Å²) in [4.78, 5) is 24.7. The Morgan fingerprint density at radius 3 is 1.14 bits per heavy atom. The fourth-order valence-electron chi connectivity index (χ4n) is 0. The second-order valence-corrected chi connectivity index (χ2v) is 0.333. The Hall–Kier alpha value is -0.860. The predicted molar refractivity (Wildman–Crippen MR) is 21.9 cm³/mol. The molecule has 0 heterocycles. The van der Waals surface area contributed by atoms with E-state index in [0.29, 0.717) is 0 Å². The Bertz CT molecular complexity index is 63.7. The van der Waals surface area contributed by atoms with Crippen molar-refractivity contribution in [1.29, 1.82) is 0 Å². The molecule has 2 N–H and O–H groups in total. The number of hydrogen-bond donors (Lipinski definition) is 0. The van der Waals surface area contributed by atoms with E-state index in [1.807, 2.05) is 0 Å². The van der Waals surface area contributed by atoms with Gasteiger partial charge in [0.05, 0.1) is 0 Å². The average molecular weight is 122 g/mol. The van der Waals surface area contributed by atoms with Gasteiger partial charge in [-0.05, 0) is 0 Å². The first-order valence-electron chi connectivity index (χ1n) is 0.816. The molecule has 0 saturated carbocycles. The van der Waals surface area contributed by atoms with Crippen molar-refractivity contribution in [3.05, 3.63) is 0 Å². The SMILES string of the molecule is O.O=C=O.O=C=S. The van der Waals surface area contributed by atoms with Crippen LogP contribution in [0.3, 0.4) is 0 Å². The van der Waals surface area contributed by atoms with E-state index in [-0.39, 0.29) is 11.6 Å². The molecule has 0 aromatic rings. The molecular weight excluding hydrogens is 120 g/mol. The second-order valence-electron chi connectivity index (χ2n) is 0.167. The van der Waals surface area contributed by atoms with Crippen molar-refractivity contribution in [3.8, 4) is 0 Å². The van der Waals surface area contributed by atoms with Crippen molar-refractivity contribution in [3.63, 3.8) is 0 Å². The van der Waals surface area contributed by atoms with Gasteiger partial charge in [-0.25, -0.2) is 4.79 Å². The molecule has 0 bridgehead atoms. The highest BCUT2D eigenvalue weighted by molar-refractivity contribution is 7.78. The molecule has 0 aliphatic carbocycles. The van der Waals surface area contributed by atoms with Crippen LogP contribution in [0.2, 0.25) is 0 Å². The van der Waals surface area contributed by atoms with E-state index in [0.717, 1.165) is 5.23 Å². The molecule has 0 aliphatic heterocycles. The Morgan fingerprint density at radius 2 is 1.14 bits per heavy atom. The summed E-state index contributed by atoms with van der Waals surface area (Å²) in [5, 5.41) is 1.08. The second kappa shape index (κ2) is 67.8. The number of thiocarbonyl (C=S) groups is 1. The van der Waals surface area contributed by atoms with Crippen molar-refractivity contribution in [2.75, 3.05) is 0 Å². The van der Waals surface area contributed by atoms with Gasteiger partial charge < -0.3 is 5.48 Å². The lowest BCUT2D eigenvalue weighted by molar-refractivity contribution is -0.191. The van der Waals surface area contributed by atoms with Crippen LogP contribution in [-0.4, -0.2) is 16.9 Å². The minimum absolute atomic E-state index is 0. The molecule has 0 fully saturated rings. The molecule has 0 atom stereocenters. The van der Waals surface area contributed by atoms with Gasteiger partial charge in [-0.2, -0.15) is 9.59 Å². The van der Waals surface area contributed by atoms with Crippen molar-refractivity contribution in [1.82, 2.24) is 0 Å². The highest BCUT2D eigenvalue weighted by atomic mass is 32.1. The summed E-state index contributed by atoms with van der Waals surface area (Å²) >= 11 is 3.59. The summed E-state index contributed by atoms with van der Waals surface area (Å²) in [7, 11) is 0. The van der Waals surface area contributed by atoms with Crippen LogP contribution in [-0.2, 0) is 14.4 Å². The van der Waals surface area contributed by atoms with Crippen molar-refractivity contribution < 1.29 is 19.9 Å². The van der Waals surface area contributed by atoms with Crippen LogP contribution in [0.1, 0.15) is 0 Å². The highest BCUT2D eigenvalue weighted by Gasteiger charge is 1.13. The first-order valence-corrected chi connectivity index (χ1v) is 1.22. The topological polar surface area (TPSA) is 82.7 Å². The Morgan fingerprint density at radius 1 is 1.14 bits per heavy atom. The van der Waals surface area contributed by atoms with Crippen LogP contribution >= 0.6 is 12.2 Å². The van der Waals surface area contributed by atoms with Gasteiger partial charge in [-0.15, -0.1) is 0 Å². The minimum Gasteiger partial charge on any atom is -0.412 e. The van der Waals surface area contributed by atoms with Crippen LogP contribution in [0, 0.1) is 0 Å².